The molecule has 25 heavy (non-hydrogen) atoms. The molecule has 4 nitrogen and oxygen atoms in total. The second-order valence-electron chi connectivity index (χ2n) is 5.87. The quantitative estimate of drug-likeness (QED) is 0.730. The molecule has 2 aromatic heterocycles. The summed E-state index contributed by atoms with van der Waals surface area (Å²) in [4.78, 5) is 16.1. The minimum atomic E-state index is -0.742. The van der Waals surface area contributed by atoms with Gasteiger partial charge in [0.2, 0.25) is 5.91 Å². The van der Waals surface area contributed by atoms with Gasteiger partial charge in [0.25, 0.3) is 0 Å². The molecule has 1 aliphatic rings. The molecule has 1 amide bonds. The summed E-state index contributed by atoms with van der Waals surface area (Å²) in [7, 11) is 0. The van der Waals surface area contributed by atoms with Crippen molar-refractivity contribution in [3.8, 4) is 11.1 Å². The maximum atomic E-state index is 14.1. The van der Waals surface area contributed by atoms with Crippen molar-refractivity contribution in [2.24, 2.45) is 5.92 Å². The molecule has 8 heteroatoms. The molecular formula is C17H12F3N3OS. The molecule has 0 aliphatic heterocycles. The Morgan fingerprint density at radius 3 is 2.56 bits per heavy atom. The van der Waals surface area contributed by atoms with E-state index in [-0.39, 0.29) is 46.8 Å². The number of nitrogens with one attached hydrogen (secondary N) is 1. The number of nitrogens with zero attached hydrogens (tertiary/aromatic N) is 2. The van der Waals surface area contributed by atoms with Crippen molar-refractivity contribution in [1.29, 1.82) is 0 Å². The number of halogens is 3. The van der Waals surface area contributed by atoms with Gasteiger partial charge in [-0.25, -0.2) is 17.7 Å². The molecule has 0 radical (unpaired) electrons. The molecule has 128 valence electrons. The van der Waals surface area contributed by atoms with Crippen LogP contribution in [0.5, 0.6) is 0 Å². The summed E-state index contributed by atoms with van der Waals surface area (Å²) >= 11 is -0.132. The number of carbonyl (C=O) groups is 1. The van der Waals surface area contributed by atoms with Gasteiger partial charge in [0.05, 0.1) is 5.56 Å². The number of benzene rings is 1. The van der Waals surface area contributed by atoms with E-state index in [4.69, 9.17) is 0 Å². The molecule has 0 atom stereocenters. The molecule has 1 aliphatic carbocycles. The Morgan fingerprint density at radius 2 is 1.92 bits per heavy atom. The summed E-state index contributed by atoms with van der Waals surface area (Å²) in [6.45, 7) is 0. The van der Waals surface area contributed by atoms with E-state index in [0.717, 1.165) is 28.9 Å². The van der Waals surface area contributed by atoms with Crippen LogP contribution in [0.15, 0.2) is 36.5 Å². The van der Waals surface area contributed by atoms with Crippen LogP contribution in [0.4, 0.5) is 18.5 Å². The number of hydrogen-bond donors (Lipinski definition) is 1. The highest BCUT2D eigenvalue weighted by atomic mass is 32.2. The van der Waals surface area contributed by atoms with Crippen LogP contribution in [0.3, 0.4) is 0 Å². The molecule has 3 aromatic rings. The lowest BCUT2D eigenvalue weighted by molar-refractivity contribution is -0.117. The summed E-state index contributed by atoms with van der Waals surface area (Å²) in [6.07, 6.45) is 2.99. The third-order valence-corrected chi connectivity index (χ3v) is 4.55. The second kappa shape index (κ2) is 6.11. The molecule has 0 unspecified atom stereocenters. The Balaban J connectivity index is 1.83. The normalized spacial score (nSPS) is 14.0. The van der Waals surface area contributed by atoms with Crippen LogP contribution in [0.1, 0.15) is 12.8 Å². The van der Waals surface area contributed by atoms with E-state index in [1.807, 2.05) is 0 Å². The van der Waals surface area contributed by atoms with E-state index in [1.54, 1.807) is 6.07 Å². The molecule has 4 rings (SSSR count). The Morgan fingerprint density at radius 1 is 1.20 bits per heavy atom. The fourth-order valence-electron chi connectivity index (χ4n) is 2.72. The zero-order valence-corrected chi connectivity index (χ0v) is 13.6. The Bertz CT molecular complexity index is 964. The van der Waals surface area contributed by atoms with Gasteiger partial charge < -0.3 is 5.32 Å². The van der Waals surface area contributed by atoms with Gasteiger partial charge in [0.15, 0.2) is 18.0 Å². The van der Waals surface area contributed by atoms with E-state index in [1.165, 1.54) is 18.3 Å². The van der Waals surface area contributed by atoms with Crippen molar-refractivity contribution < 1.29 is 17.5 Å². The van der Waals surface area contributed by atoms with Gasteiger partial charge in [-0.05, 0) is 37.1 Å². The predicted octanol–water partition coefficient (Wildman–Crippen LogP) is 4.71. The van der Waals surface area contributed by atoms with Crippen molar-refractivity contribution >= 4 is 35.1 Å². The first-order valence-electron chi connectivity index (χ1n) is 7.65. The maximum Gasteiger partial charge on any atom is 0.228 e. The fourth-order valence-corrected chi connectivity index (χ4v) is 3.07. The van der Waals surface area contributed by atoms with Crippen LogP contribution in [0.2, 0.25) is 0 Å². The van der Waals surface area contributed by atoms with Gasteiger partial charge in [0.1, 0.15) is 17.5 Å². The van der Waals surface area contributed by atoms with Crippen LogP contribution >= 0.6 is 12.3 Å². The highest BCUT2D eigenvalue weighted by Crippen LogP contribution is 2.36. The zero-order valence-electron chi connectivity index (χ0n) is 12.8. The fraction of sp³-hybridized carbons (Fsp3) is 0.176. The number of pyridine rings is 1. The zero-order chi connectivity index (χ0) is 17.6. The predicted molar refractivity (Wildman–Crippen MR) is 90.5 cm³/mol. The summed E-state index contributed by atoms with van der Waals surface area (Å²) in [6, 6.07) is 6.65. The van der Waals surface area contributed by atoms with Crippen LogP contribution in [-0.2, 0) is 4.79 Å². The first-order chi connectivity index (χ1) is 12.1. The number of hydrogen-bond acceptors (Lipinski definition) is 3. The average molecular weight is 363 g/mol. The SMILES string of the molecule is O=C(Nc1ccc2c(-c3c(F)cccc3F)cn(SF)c2n1)C1CC1. The smallest absolute Gasteiger partial charge is 0.228 e. The van der Waals surface area contributed by atoms with Gasteiger partial charge in [0, 0.05) is 23.1 Å². The lowest BCUT2D eigenvalue weighted by Gasteiger charge is -2.05. The Hall–Kier alpha value is -2.48. The molecule has 1 saturated carbocycles. The molecule has 2 heterocycles. The average Bonchev–Trinajstić information content (AvgIpc) is 3.38. The van der Waals surface area contributed by atoms with E-state index >= 15 is 0 Å². The number of rotatable bonds is 4. The molecule has 0 spiro atoms. The van der Waals surface area contributed by atoms with Crippen molar-refractivity contribution in [3.63, 3.8) is 0 Å². The highest BCUT2D eigenvalue weighted by Gasteiger charge is 2.30. The van der Waals surface area contributed by atoms with Crippen molar-refractivity contribution in [2.75, 3.05) is 5.32 Å². The van der Waals surface area contributed by atoms with Crippen molar-refractivity contribution in [2.45, 2.75) is 12.8 Å². The number of carbonyl (C=O) groups excluding carboxylic acids is 1. The van der Waals surface area contributed by atoms with Gasteiger partial charge in [-0.15, -0.1) is 3.89 Å². The number of fused-ring (bicyclic) bond motifs is 1. The maximum absolute atomic E-state index is 14.1. The monoisotopic (exact) mass is 363 g/mol. The minimum Gasteiger partial charge on any atom is -0.310 e. The topological polar surface area (TPSA) is 46.9 Å². The summed E-state index contributed by atoms with van der Waals surface area (Å²) < 4.78 is 42.5. The van der Waals surface area contributed by atoms with Crippen LogP contribution in [-0.4, -0.2) is 14.9 Å². The van der Waals surface area contributed by atoms with Crippen LogP contribution in [0.25, 0.3) is 22.2 Å². The number of anilines is 1. The summed E-state index contributed by atoms with van der Waals surface area (Å²) in [5.41, 5.74) is 0.138. The van der Waals surface area contributed by atoms with Crippen molar-refractivity contribution in [3.05, 3.63) is 48.2 Å². The second-order valence-corrected chi connectivity index (χ2v) is 6.40. The molecule has 1 aromatic carbocycles. The standard InChI is InChI=1S/C17H12F3N3OS/c18-12-2-1-3-13(19)15(12)11-8-23(25-20)16-10(11)6-7-14(21-16)22-17(24)9-4-5-9/h1-3,6-9H,4-5H2,(H,21,22,24). The summed E-state index contributed by atoms with van der Waals surface area (Å²) in [5.74, 6) is -1.33. The van der Waals surface area contributed by atoms with Crippen LogP contribution in [0, 0.1) is 17.6 Å². The first-order valence-corrected chi connectivity index (χ1v) is 8.32. The van der Waals surface area contributed by atoms with Crippen molar-refractivity contribution in [1.82, 2.24) is 8.96 Å². The Labute approximate surface area is 145 Å². The van der Waals surface area contributed by atoms with Gasteiger partial charge in [-0.3, -0.25) is 4.79 Å². The molecule has 1 fully saturated rings. The molecule has 1 N–H and O–H groups in total. The largest absolute Gasteiger partial charge is 0.310 e. The lowest BCUT2D eigenvalue weighted by Crippen LogP contribution is -2.14. The van der Waals surface area contributed by atoms with E-state index in [2.05, 4.69) is 10.3 Å². The number of aromatic nitrogens is 2. The highest BCUT2D eigenvalue weighted by molar-refractivity contribution is 7.92. The third kappa shape index (κ3) is 2.86. The number of amides is 1. The van der Waals surface area contributed by atoms with Crippen LogP contribution < -0.4 is 5.32 Å². The van der Waals surface area contributed by atoms with Gasteiger partial charge >= 0.3 is 0 Å². The lowest BCUT2D eigenvalue weighted by atomic mass is 10.0. The van der Waals surface area contributed by atoms with Gasteiger partial charge in [-0.2, -0.15) is 0 Å². The van der Waals surface area contributed by atoms with E-state index < -0.39 is 11.6 Å². The molecule has 0 bridgehead atoms. The van der Waals surface area contributed by atoms with E-state index in [0.29, 0.717) is 5.39 Å². The van der Waals surface area contributed by atoms with Gasteiger partial charge in [-0.1, -0.05) is 6.07 Å². The molecule has 0 saturated heterocycles. The first kappa shape index (κ1) is 16.0. The third-order valence-electron chi connectivity index (χ3n) is 4.13. The Kier molecular flexibility index (Phi) is 3.91. The van der Waals surface area contributed by atoms with E-state index in [9.17, 15) is 17.5 Å². The summed E-state index contributed by atoms with van der Waals surface area (Å²) in [5, 5.41) is 3.06. The minimum absolute atomic E-state index is 0.00269. The molecular weight excluding hydrogens is 351 g/mol.